The molecule has 0 unspecified atom stereocenters. The fourth-order valence-electron chi connectivity index (χ4n) is 3.32. The van der Waals surface area contributed by atoms with E-state index in [-0.39, 0.29) is 18.5 Å². The molecule has 0 radical (unpaired) electrons. The van der Waals surface area contributed by atoms with Crippen LogP contribution in [-0.2, 0) is 26.2 Å². The molecule has 0 fully saturated rings. The summed E-state index contributed by atoms with van der Waals surface area (Å²) in [5.41, 5.74) is 1.18. The zero-order valence-corrected chi connectivity index (χ0v) is 21.3. The number of ether oxygens (including phenoxy) is 1. The van der Waals surface area contributed by atoms with Crippen LogP contribution in [-0.4, -0.2) is 56.6 Å². The summed E-state index contributed by atoms with van der Waals surface area (Å²) in [4.78, 5) is 27.7. The van der Waals surface area contributed by atoms with Crippen molar-refractivity contribution in [2.75, 3.05) is 23.7 Å². The molecule has 0 aliphatic carbocycles. The maximum absolute atomic E-state index is 13.5. The lowest BCUT2D eigenvalue weighted by atomic mass is 10.1. The number of carbonyl (C=O) groups excluding carboxylic acids is 2. The number of hydrogen-bond donors (Lipinski definition) is 1. The summed E-state index contributed by atoms with van der Waals surface area (Å²) < 4.78 is 31.7. The Balaban J connectivity index is 2.33. The molecule has 0 bridgehead atoms. The summed E-state index contributed by atoms with van der Waals surface area (Å²) in [5.74, 6) is -0.160. The van der Waals surface area contributed by atoms with E-state index in [9.17, 15) is 18.0 Å². The number of nitrogens with zero attached hydrogens (tertiary/aromatic N) is 2. The van der Waals surface area contributed by atoms with Gasteiger partial charge >= 0.3 is 0 Å². The van der Waals surface area contributed by atoms with Crippen LogP contribution in [0.25, 0.3) is 0 Å². The van der Waals surface area contributed by atoms with Crippen molar-refractivity contribution in [1.82, 2.24) is 10.2 Å². The van der Waals surface area contributed by atoms with Gasteiger partial charge in [0.2, 0.25) is 21.8 Å². The van der Waals surface area contributed by atoms with Gasteiger partial charge in [0.1, 0.15) is 18.3 Å². The number of hydrogen-bond acceptors (Lipinski definition) is 5. The highest BCUT2D eigenvalue weighted by Gasteiger charge is 2.30. The third-order valence-corrected chi connectivity index (χ3v) is 6.62. The minimum absolute atomic E-state index is 0.0417. The van der Waals surface area contributed by atoms with Gasteiger partial charge in [-0.15, -0.1) is 0 Å². The summed E-state index contributed by atoms with van der Waals surface area (Å²) in [6.45, 7) is 7.60. The molecule has 2 atom stereocenters. The smallest absolute Gasteiger partial charge is 0.244 e. The molecular formula is C25H35N3O5S. The summed E-state index contributed by atoms with van der Waals surface area (Å²) >= 11 is 0. The standard InChI is InChI=1S/C25H35N3O5S/c1-6-19(3)26-25(30)20(4)27(17-21-11-9-8-10-12-21)24(29)18-28(34(5,31)32)22-13-15-23(16-14-22)33-7-2/h8-16,19-20H,6-7,17-18H2,1-5H3,(H,26,30)/t19-,20+/m0/s1. The van der Waals surface area contributed by atoms with Crippen LogP contribution in [0.2, 0.25) is 0 Å². The normalized spacial score (nSPS) is 13.0. The van der Waals surface area contributed by atoms with Gasteiger partial charge in [-0.2, -0.15) is 0 Å². The number of amides is 2. The minimum atomic E-state index is -3.77. The highest BCUT2D eigenvalue weighted by Crippen LogP contribution is 2.22. The van der Waals surface area contributed by atoms with E-state index in [0.29, 0.717) is 18.0 Å². The fraction of sp³-hybridized carbons (Fsp3) is 0.440. The Morgan fingerprint density at radius 2 is 1.62 bits per heavy atom. The summed E-state index contributed by atoms with van der Waals surface area (Å²) in [6.07, 6.45) is 1.81. The molecule has 0 spiro atoms. The molecule has 9 heteroatoms. The van der Waals surface area contributed by atoms with Crippen molar-refractivity contribution in [3.8, 4) is 5.75 Å². The van der Waals surface area contributed by atoms with Gasteiger partial charge in [0, 0.05) is 12.6 Å². The first-order chi connectivity index (χ1) is 16.1. The number of carbonyl (C=O) groups is 2. The molecule has 0 aliphatic rings. The quantitative estimate of drug-likeness (QED) is 0.494. The van der Waals surface area contributed by atoms with Gasteiger partial charge in [-0.3, -0.25) is 13.9 Å². The highest BCUT2D eigenvalue weighted by molar-refractivity contribution is 7.92. The van der Waals surface area contributed by atoms with Gasteiger partial charge in [-0.25, -0.2) is 8.42 Å². The van der Waals surface area contributed by atoms with Gasteiger partial charge in [0.25, 0.3) is 0 Å². The summed E-state index contributed by atoms with van der Waals surface area (Å²) in [7, 11) is -3.77. The first-order valence-electron chi connectivity index (χ1n) is 11.4. The van der Waals surface area contributed by atoms with E-state index in [2.05, 4.69) is 5.32 Å². The summed E-state index contributed by atoms with van der Waals surface area (Å²) in [6, 6.07) is 15.0. The Hall–Kier alpha value is -3.07. The second-order valence-electron chi connectivity index (χ2n) is 8.20. The topological polar surface area (TPSA) is 96.0 Å². The van der Waals surface area contributed by atoms with Crippen molar-refractivity contribution in [3.05, 3.63) is 60.2 Å². The van der Waals surface area contributed by atoms with Crippen molar-refractivity contribution in [2.45, 2.75) is 52.7 Å². The van der Waals surface area contributed by atoms with Crippen molar-refractivity contribution in [3.63, 3.8) is 0 Å². The van der Waals surface area contributed by atoms with E-state index in [0.717, 1.165) is 22.5 Å². The first-order valence-corrected chi connectivity index (χ1v) is 13.3. The van der Waals surface area contributed by atoms with Crippen molar-refractivity contribution in [2.24, 2.45) is 0 Å². The van der Waals surface area contributed by atoms with Gasteiger partial charge in [-0.1, -0.05) is 37.3 Å². The van der Waals surface area contributed by atoms with E-state index >= 15 is 0 Å². The van der Waals surface area contributed by atoms with Gasteiger partial charge in [-0.05, 0) is 57.0 Å². The Labute approximate surface area is 202 Å². The molecule has 0 saturated carbocycles. The number of benzene rings is 2. The number of rotatable bonds is 12. The first kappa shape index (κ1) is 27.2. The van der Waals surface area contributed by atoms with Crippen LogP contribution in [0.5, 0.6) is 5.75 Å². The van der Waals surface area contributed by atoms with E-state index < -0.39 is 28.5 Å². The zero-order chi connectivity index (χ0) is 25.3. The maximum atomic E-state index is 13.5. The van der Waals surface area contributed by atoms with Gasteiger partial charge < -0.3 is 15.0 Å². The molecular weight excluding hydrogens is 454 g/mol. The second-order valence-corrected chi connectivity index (χ2v) is 10.1. The van der Waals surface area contributed by atoms with E-state index in [1.54, 1.807) is 31.2 Å². The molecule has 0 saturated heterocycles. The van der Waals surface area contributed by atoms with Crippen LogP contribution in [0.1, 0.15) is 39.7 Å². The molecule has 186 valence electrons. The Morgan fingerprint density at radius 3 is 2.15 bits per heavy atom. The third-order valence-electron chi connectivity index (χ3n) is 5.48. The van der Waals surface area contributed by atoms with Gasteiger partial charge in [0.05, 0.1) is 18.6 Å². The van der Waals surface area contributed by atoms with E-state index in [1.807, 2.05) is 51.1 Å². The van der Waals surface area contributed by atoms with Crippen LogP contribution in [0.4, 0.5) is 5.69 Å². The second kappa shape index (κ2) is 12.4. The van der Waals surface area contributed by atoms with Crippen LogP contribution in [0, 0.1) is 0 Å². The lowest BCUT2D eigenvalue weighted by molar-refractivity contribution is -0.139. The maximum Gasteiger partial charge on any atom is 0.244 e. The highest BCUT2D eigenvalue weighted by atomic mass is 32.2. The Bertz CT molecular complexity index is 1040. The molecule has 1 N–H and O–H groups in total. The average Bonchev–Trinajstić information content (AvgIpc) is 2.81. The van der Waals surface area contributed by atoms with Crippen molar-refractivity contribution < 1.29 is 22.7 Å². The monoisotopic (exact) mass is 489 g/mol. The SMILES string of the molecule is CCOc1ccc(N(CC(=O)N(Cc2ccccc2)[C@H](C)C(=O)N[C@@H](C)CC)S(C)(=O)=O)cc1. The van der Waals surface area contributed by atoms with Crippen LogP contribution < -0.4 is 14.4 Å². The van der Waals surface area contributed by atoms with Crippen molar-refractivity contribution >= 4 is 27.5 Å². The molecule has 2 rings (SSSR count). The average molecular weight is 490 g/mol. The number of sulfonamides is 1. The Kier molecular flexibility index (Phi) is 9.92. The van der Waals surface area contributed by atoms with Gasteiger partial charge in [0.15, 0.2) is 0 Å². The number of anilines is 1. The van der Waals surface area contributed by atoms with E-state index in [1.165, 1.54) is 4.90 Å². The fourth-order valence-corrected chi connectivity index (χ4v) is 4.17. The predicted octanol–water partition coefficient (Wildman–Crippen LogP) is 3.18. The molecule has 2 amide bonds. The molecule has 34 heavy (non-hydrogen) atoms. The largest absolute Gasteiger partial charge is 0.494 e. The number of nitrogens with one attached hydrogen (secondary N) is 1. The van der Waals surface area contributed by atoms with Crippen LogP contribution in [0.3, 0.4) is 0 Å². The third kappa shape index (κ3) is 7.76. The molecule has 8 nitrogen and oxygen atoms in total. The van der Waals surface area contributed by atoms with Crippen LogP contribution in [0.15, 0.2) is 54.6 Å². The van der Waals surface area contributed by atoms with Crippen molar-refractivity contribution in [1.29, 1.82) is 0 Å². The molecule has 0 aliphatic heterocycles. The minimum Gasteiger partial charge on any atom is -0.494 e. The molecule has 2 aromatic carbocycles. The van der Waals surface area contributed by atoms with Crippen LogP contribution >= 0.6 is 0 Å². The summed E-state index contributed by atoms with van der Waals surface area (Å²) in [5, 5.41) is 2.91. The molecule has 0 heterocycles. The molecule has 2 aromatic rings. The lowest BCUT2D eigenvalue weighted by Gasteiger charge is -2.32. The molecule has 0 aromatic heterocycles. The predicted molar refractivity (Wildman–Crippen MR) is 134 cm³/mol. The zero-order valence-electron chi connectivity index (χ0n) is 20.5. The van der Waals surface area contributed by atoms with E-state index in [4.69, 9.17) is 4.74 Å². The Morgan fingerprint density at radius 1 is 1.00 bits per heavy atom. The lowest BCUT2D eigenvalue weighted by Crippen LogP contribution is -2.52.